The molecule has 0 aliphatic heterocycles. The van der Waals surface area contributed by atoms with Gasteiger partial charge in [-0.25, -0.2) is 14.4 Å². The number of fused-ring (bicyclic) bond motifs is 1. The predicted molar refractivity (Wildman–Crippen MR) is 64.3 cm³/mol. The van der Waals surface area contributed by atoms with Crippen molar-refractivity contribution >= 4 is 22.5 Å². The SMILES string of the molecule is Fc1cnc(Cl)nc1-c1c[nH]c2ccccc12. The van der Waals surface area contributed by atoms with Crippen LogP contribution in [0.4, 0.5) is 4.39 Å². The molecule has 0 saturated carbocycles. The van der Waals surface area contributed by atoms with Gasteiger partial charge in [-0.2, -0.15) is 0 Å². The number of nitrogens with one attached hydrogen (secondary N) is 1. The lowest BCUT2D eigenvalue weighted by atomic mass is 10.1. The topological polar surface area (TPSA) is 41.6 Å². The van der Waals surface area contributed by atoms with E-state index in [0.717, 1.165) is 17.1 Å². The fourth-order valence-electron chi connectivity index (χ4n) is 1.80. The van der Waals surface area contributed by atoms with E-state index in [1.54, 1.807) is 6.20 Å². The van der Waals surface area contributed by atoms with Crippen molar-refractivity contribution in [3.63, 3.8) is 0 Å². The third-order valence-corrected chi connectivity index (χ3v) is 2.74. The molecular formula is C12H7ClFN3. The summed E-state index contributed by atoms with van der Waals surface area (Å²) in [6, 6.07) is 7.61. The smallest absolute Gasteiger partial charge is 0.223 e. The highest BCUT2D eigenvalue weighted by molar-refractivity contribution is 6.28. The van der Waals surface area contributed by atoms with E-state index in [0.29, 0.717) is 5.56 Å². The number of H-pyrrole nitrogens is 1. The number of aromatic nitrogens is 3. The number of nitrogens with zero attached hydrogens (tertiary/aromatic N) is 2. The first-order valence-corrected chi connectivity index (χ1v) is 5.38. The first-order chi connectivity index (χ1) is 8.25. The van der Waals surface area contributed by atoms with Crippen molar-refractivity contribution in [2.24, 2.45) is 0 Å². The average Bonchev–Trinajstić information content (AvgIpc) is 2.76. The minimum atomic E-state index is -0.487. The minimum absolute atomic E-state index is 0.0340. The summed E-state index contributed by atoms with van der Waals surface area (Å²) < 4.78 is 13.7. The Bertz CT molecular complexity index is 693. The lowest BCUT2D eigenvalue weighted by molar-refractivity contribution is 0.618. The molecule has 2 heterocycles. The largest absolute Gasteiger partial charge is 0.360 e. The normalized spacial score (nSPS) is 10.9. The fourth-order valence-corrected chi connectivity index (χ4v) is 1.94. The third-order valence-electron chi connectivity index (χ3n) is 2.56. The van der Waals surface area contributed by atoms with Gasteiger partial charge in [-0.1, -0.05) is 18.2 Å². The fraction of sp³-hybridized carbons (Fsp3) is 0. The molecule has 0 fully saturated rings. The van der Waals surface area contributed by atoms with Crippen LogP contribution in [-0.2, 0) is 0 Å². The maximum atomic E-state index is 13.7. The Morgan fingerprint density at radius 3 is 2.94 bits per heavy atom. The Labute approximate surface area is 101 Å². The number of para-hydroxylation sites is 1. The molecule has 0 aliphatic carbocycles. The number of hydrogen-bond donors (Lipinski definition) is 1. The molecule has 84 valence electrons. The van der Waals surface area contributed by atoms with Gasteiger partial charge in [-0.15, -0.1) is 0 Å². The highest BCUT2D eigenvalue weighted by atomic mass is 35.5. The molecule has 1 N–H and O–H groups in total. The number of halogens is 2. The van der Waals surface area contributed by atoms with Crippen LogP contribution in [0.3, 0.4) is 0 Å². The lowest BCUT2D eigenvalue weighted by Crippen LogP contribution is -1.91. The number of benzene rings is 1. The average molecular weight is 248 g/mol. The van der Waals surface area contributed by atoms with E-state index in [9.17, 15) is 4.39 Å². The second-order valence-electron chi connectivity index (χ2n) is 3.58. The summed E-state index contributed by atoms with van der Waals surface area (Å²) >= 11 is 5.69. The Kier molecular flexibility index (Phi) is 2.30. The van der Waals surface area contributed by atoms with Crippen molar-refractivity contribution in [3.05, 3.63) is 47.8 Å². The van der Waals surface area contributed by atoms with Crippen LogP contribution in [0.25, 0.3) is 22.2 Å². The minimum Gasteiger partial charge on any atom is -0.360 e. The van der Waals surface area contributed by atoms with Crippen LogP contribution in [0, 0.1) is 5.82 Å². The van der Waals surface area contributed by atoms with Crippen molar-refractivity contribution < 1.29 is 4.39 Å². The molecule has 0 radical (unpaired) electrons. The second kappa shape index (κ2) is 3.82. The Morgan fingerprint density at radius 2 is 2.06 bits per heavy atom. The Hall–Kier alpha value is -1.94. The van der Waals surface area contributed by atoms with Crippen molar-refractivity contribution in [3.8, 4) is 11.3 Å². The molecule has 0 saturated heterocycles. The molecule has 3 nitrogen and oxygen atoms in total. The lowest BCUT2D eigenvalue weighted by Gasteiger charge is -2.00. The third kappa shape index (κ3) is 1.66. The van der Waals surface area contributed by atoms with Gasteiger partial charge in [0, 0.05) is 22.7 Å². The van der Waals surface area contributed by atoms with Crippen molar-refractivity contribution in [2.45, 2.75) is 0 Å². The highest BCUT2D eigenvalue weighted by Gasteiger charge is 2.12. The Balaban J connectivity index is 2.31. The summed E-state index contributed by atoms with van der Waals surface area (Å²) in [5.74, 6) is -0.487. The van der Waals surface area contributed by atoms with E-state index >= 15 is 0 Å². The predicted octanol–water partition coefficient (Wildman–Crippen LogP) is 3.42. The summed E-state index contributed by atoms with van der Waals surface area (Å²) in [6.07, 6.45) is 2.79. The molecule has 3 rings (SSSR count). The molecule has 0 bridgehead atoms. The quantitative estimate of drug-likeness (QED) is 0.670. The number of hydrogen-bond acceptors (Lipinski definition) is 2. The molecule has 0 unspecified atom stereocenters. The van der Waals surface area contributed by atoms with Gasteiger partial charge in [0.15, 0.2) is 5.82 Å². The molecule has 17 heavy (non-hydrogen) atoms. The zero-order valence-electron chi connectivity index (χ0n) is 8.61. The summed E-state index contributed by atoms with van der Waals surface area (Å²) in [6.45, 7) is 0. The van der Waals surface area contributed by atoms with Crippen LogP contribution in [0.2, 0.25) is 5.28 Å². The van der Waals surface area contributed by atoms with E-state index in [4.69, 9.17) is 11.6 Å². The number of aromatic amines is 1. The van der Waals surface area contributed by atoms with Crippen LogP contribution in [0.5, 0.6) is 0 Å². The maximum Gasteiger partial charge on any atom is 0.223 e. The molecule has 0 aliphatic rings. The van der Waals surface area contributed by atoms with Crippen LogP contribution in [0.1, 0.15) is 0 Å². The molecule has 3 aromatic rings. The van der Waals surface area contributed by atoms with Crippen LogP contribution >= 0.6 is 11.6 Å². The maximum absolute atomic E-state index is 13.7. The Morgan fingerprint density at radius 1 is 1.24 bits per heavy atom. The first kappa shape index (κ1) is 10.2. The number of rotatable bonds is 1. The summed E-state index contributed by atoms with van der Waals surface area (Å²) in [4.78, 5) is 10.6. The molecule has 0 amide bonds. The molecule has 2 aromatic heterocycles. The van der Waals surface area contributed by atoms with Crippen LogP contribution < -0.4 is 0 Å². The van der Waals surface area contributed by atoms with E-state index in [2.05, 4.69) is 15.0 Å². The van der Waals surface area contributed by atoms with Crippen molar-refractivity contribution in [1.82, 2.24) is 15.0 Å². The van der Waals surface area contributed by atoms with Gasteiger partial charge in [-0.3, -0.25) is 0 Å². The molecule has 0 atom stereocenters. The highest BCUT2D eigenvalue weighted by Crippen LogP contribution is 2.29. The molecular weight excluding hydrogens is 241 g/mol. The van der Waals surface area contributed by atoms with E-state index in [-0.39, 0.29) is 11.0 Å². The van der Waals surface area contributed by atoms with Crippen molar-refractivity contribution in [1.29, 1.82) is 0 Å². The zero-order valence-corrected chi connectivity index (χ0v) is 9.37. The van der Waals surface area contributed by atoms with Gasteiger partial charge >= 0.3 is 0 Å². The monoisotopic (exact) mass is 247 g/mol. The second-order valence-corrected chi connectivity index (χ2v) is 3.92. The van der Waals surface area contributed by atoms with Gasteiger partial charge in [-0.05, 0) is 17.7 Å². The van der Waals surface area contributed by atoms with Crippen molar-refractivity contribution in [2.75, 3.05) is 0 Å². The molecule has 1 aromatic carbocycles. The van der Waals surface area contributed by atoms with E-state index in [1.807, 2.05) is 24.3 Å². The first-order valence-electron chi connectivity index (χ1n) is 5.00. The van der Waals surface area contributed by atoms with Gasteiger partial charge in [0.25, 0.3) is 0 Å². The summed E-state index contributed by atoms with van der Waals surface area (Å²) in [7, 11) is 0. The molecule has 0 spiro atoms. The van der Waals surface area contributed by atoms with Crippen LogP contribution in [-0.4, -0.2) is 15.0 Å². The summed E-state index contributed by atoms with van der Waals surface area (Å²) in [5, 5.41) is 0.938. The summed E-state index contributed by atoms with van der Waals surface area (Å²) in [5.41, 5.74) is 1.82. The molecule has 5 heteroatoms. The standard InChI is InChI=1S/C12H7ClFN3/c13-12-16-6-9(14)11(17-12)8-5-15-10-4-2-1-3-7(8)10/h1-6,15H. The van der Waals surface area contributed by atoms with E-state index < -0.39 is 5.82 Å². The van der Waals surface area contributed by atoms with Gasteiger partial charge in [0.05, 0.1) is 6.20 Å². The van der Waals surface area contributed by atoms with E-state index in [1.165, 1.54) is 0 Å². The van der Waals surface area contributed by atoms with Gasteiger partial charge in [0.2, 0.25) is 5.28 Å². The van der Waals surface area contributed by atoms with Crippen LogP contribution in [0.15, 0.2) is 36.7 Å². The zero-order chi connectivity index (χ0) is 11.8. The van der Waals surface area contributed by atoms with Gasteiger partial charge < -0.3 is 4.98 Å². The van der Waals surface area contributed by atoms with Gasteiger partial charge in [0.1, 0.15) is 5.69 Å².